The van der Waals surface area contributed by atoms with Crippen molar-refractivity contribution in [3.63, 3.8) is 0 Å². The lowest BCUT2D eigenvalue weighted by molar-refractivity contribution is -0.133. The molecule has 6 nitrogen and oxygen atoms in total. The first-order chi connectivity index (χ1) is 9.40. The van der Waals surface area contributed by atoms with Crippen LogP contribution in [0, 0.1) is 0 Å². The lowest BCUT2D eigenvalue weighted by Crippen LogP contribution is -2.57. The topological polar surface area (TPSA) is 78.7 Å². The lowest BCUT2D eigenvalue weighted by atomic mass is 9.85. The number of amides is 2. The van der Waals surface area contributed by atoms with E-state index >= 15 is 0 Å². The summed E-state index contributed by atoms with van der Waals surface area (Å²) in [6.07, 6.45) is 3.58. The highest BCUT2D eigenvalue weighted by atomic mass is 16.2. The van der Waals surface area contributed by atoms with Gasteiger partial charge in [-0.3, -0.25) is 9.59 Å². The van der Waals surface area contributed by atoms with Crippen LogP contribution in [0.2, 0.25) is 0 Å². The highest BCUT2D eigenvalue weighted by Crippen LogP contribution is 2.28. The maximum Gasteiger partial charge on any atom is 0.239 e. The van der Waals surface area contributed by atoms with E-state index in [2.05, 4.69) is 24.3 Å². The molecule has 1 saturated carbocycles. The molecule has 1 saturated heterocycles. The van der Waals surface area contributed by atoms with Crippen molar-refractivity contribution in [3.8, 4) is 0 Å². The number of hydrogen-bond donors (Lipinski definition) is 2. The molecule has 4 atom stereocenters. The van der Waals surface area contributed by atoms with Gasteiger partial charge in [0, 0.05) is 19.5 Å². The summed E-state index contributed by atoms with van der Waals surface area (Å²) in [4.78, 5) is 27.7. The normalized spacial score (nSPS) is 34.6. The van der Waals surface area contributed by atoms with Crippen molar-refractivity contribution in [1.29, 1.82) is 0 Å². The van der Waals surface area contributed by atoms with Crippen molar-refractivity contribution < 1.29 is 9.59 Å². The minimum absolute atomic E-state index is 0.0305. The van der Waals surface area contributed by atoms with Gasteiger partial charge in [-0.25, -0.2) is 0 Å². The lowest BCUT2D eigenvalue weighted by Gasteiger charge is -2.43. The quantitative estimate of drug-likeness (QED) is 0.734. The van der Waals surface area contributed by atoms with Crippen LogP contribution in [0.15, 0.2) is 0 Å². The third-order valence-electron chi connectivity index (χ3n) is 4.59. The highest BCUT2D eigenvalue weighted by molar-refractivity contribution is 5.84. The second-order valence-electron chi connectivity index (χ2n) is 6.23. The number of likely N-dealkylation sites (tertiary alicyclic amines) is 1. The molecular weight excluding hydrogens is 256 g/mol. The van der Waals surface area contributed by atoms with Crippen LogP contribution in [0.4, 0.5) is 0 Å². The zero-order valence-corrected chi connectivity index (χ0v) is 12.6. The molecule has 0 spiro atoms. The molecule has 114 valence electrons. The van der Waals surface area contributed by atoms with Crippen molar-refractivity contribution >= 4 is 11.8 Å². The SMILES string of the molecule is CC(=O)NC1CC(N(C)C)CCC1N1CCC(N)C1=O. The smallest absolute Gasteiger partial charge is 0.239 e. The summed E-state index contributed by atoms with van der Waals surface area (Å²) >= 11 is 0. The summed E-state index contributed by atoms with van der Waals surface area (Å²) in [6, 6.07) is 0.216. The Balaban J connectivity index is 2.10. The molecule has 20 heavy (non-hydrogen) atoms. The summed E-state index contributed by atoms with van der Waals surface area (Å²) in [7, 11) is 4.12. The van der Waals surface area contributed by atoms with E-state index in [4.69, 9.17) is 5.73 Å². The van der Waals surface area contributed by atoms with Gasteiger partial charge in [-0.1, -0.05) is 0 Å². The minimum atomic E-state index is -0.362. The summed E-state index contributed by atoms with van der Waals surface area (Å²) in [5.74, 6) is 0.00371. The second kappa shape index (κ2) is 6.10. The van der Waals surface area contributed by atoms with E-state index in [0.29, 0.717) is 12.6 Å². The summed E-state index contributed by atoms with van der Waals surface area (Å²) in [5, 5.41) is 3.03. The average molecular weight is 282 g/mol. The first kappa shape index (κ1) is 15.3. The Bertz CT molecular complexity index is 385. The maximum absolute atomic E-state index is 12.1. The molecule has 1 heterocycles. The first-order valence-electron chi connectivity index (χ1n) is 7.39. The van der Waals surface area contributed by atoms with Gasteiger partial charge in [0.25, 0.3) is 0 Å². The first-order valence-corrected chi connectivity index (χ1v) is 7.39. The van der Waals surface area contributed by atoms with Crippen LogP contribution in [0.3, 0.4) is 0 Å². The van der Waals surface area contributed by atoms with E-state index in [9.17, 15) is 9.59 Å². The maximum atomic E-state index is 12.1. The van der Waals surface area contributed by atoms with Crippen molar-refractivity contribution in [1.82, 2.24) is 15.1 Å². The van der Waals surface area contributed by atoms with E-state index in [1.54, 1.807) is 0 Å². The third-order valence-corrected chi connectivity index (χ3v) is 4.59. The zero-order valence-electron chi connectivity index (χ0n) is 12.6. The molecule has 0 bridgehead atoms. The predicted molar refractivity (Wildman–Crippen MR) is 77.0 cm³/mol. The third kappa shape index (κ3) is 3.12. The Morgan fingerprint density at radius 1 is 1.35 bits per heavy atom. The number of carbonyl (C=O) groups is 2. The fourth-order valence-electron chi connectivity index (χ4n) is 3.44. The number of hydrogen-bond acceptors (Lipinski definition) is 4. The van der Waals surface area contributed by atoms with Gasteiger partial charge < -0.3 is 20.9 Å². The Labute approximate surface area is 120 Å². The number of nitrogens with two attached hydrogens (primary N) is 1. The summed E-state index contributed by atoms with van der Waals surface area (Å²) in [5.41, 5.74) is 5.81. The number of nitrogens with one attached hydrogen (secondary N) is 1. The Morgan fingerprint density at radius 2 is 2.05 bits per heavy atom. The van der Waals surface area contributed by atoms with Gasteiger partial charge in [0.2, 0.25) is 11.8 Å². The molecule has 0 radical (unpaired) electrons. The van der Waals surface area contributed by atoms with E-state index in [-0.39, 0.29) is 29.9 Å². The molecular formula is C14H26N4O2. The van der Waals surface area contributed by atoms with Crippen molar-refractivity contribution in [3.05, 3.63) is 0 Å². The largest absolute Gasteiger partial charge is 0.351 e. The van der Waals surface area contributed by atoms with E-state index in [0.717, 1.165) is 25.7 Å². The molecule has 2 amide bonds. The van der Waals surface area contributed by atoms with Crippen molar-refractivity contribution in [2.45, 2.75) is 56.8 Å². The molecule has 2 rings (SSSR count). The van der Waals surface area contributed by atoms with Gasteiger partial charge >= 0.3 is 0 Å². The summed E-state index contributed by atoms with van der Waals surface area (Å²) < 4.78 is 0. The molecule has 0 aromatic carbocycles. The Hall–Kier alpha value is -1.14. The molecule has 2 aliphatic rings. The zero-order chi connectivity index (χ0) is 14.9. The Morgan fingerprint density at radius 3 is 2.55 bits per heavy atom. The summed E-state index contributed by atoms with van der Waals surface area (Å²) in [6.45, 7) is 2.25. The van der Waals surface area contributed by atoms with Gasteiger partial charge in [-0.05, 0) is 39.8 Å². The van der Waals surface area contributed by atoms with Crippen LogP contribution in [0.25, 0.3) is 0 Å². The molecule has 6 heteroatoms. The monoisotopic (exact) mass is 282 g/mol. The van der Waals surface area contributed by atoms with Crippen molar-refractivity contribution in [2.75, 3.05) is 20.6 Å². The minimum Gasteiger partial charge on any atom is -0.351 e. The number of carbonyl (C=O) groups excluding carboxylic acids is 2. The highest BCUT2D eigenvalue weighted by Gasteiger charge is 2.41. The molecule has 1 aliphatic heterocycles. The van der Waals surface area contributed by atoms with Gasteiger partial charge in [0.1, 0.15) is 0 Å². The fraction of sp³-hybridized carbons (Fsp3) is 0.857. The Kier molecular flexibility index (Phi) is 4.65. The van der Waals surface area contributed by atoms with Crippen LogP contribution in [0.5, 0.6) is 0 Å². The van der Waals surface area contributed by atoms with Crippen LogP contribution < -0.4 is 11.1 Å². The molecule has 3 N–H and O–H groups in total. The van der Waals surface area contributed by atoms with E-state index in [1.807, 2.05) is 4.90 Å². The molecule has 2 fully saturated rings. The van der Waals surface area contributed by atoms with E-state index < -0.39 is 0 Å². The van der Waals surface area contributed by atoms with Crippen LogP contribution in [-0.2, 0) is 9.59 Å². The number of nitrogens with zero attached hydrogens (tertiary/aromatic N) is 2. The average Bonchev–Trinajstić information content (AvgIpc) is 2.69. The van der Waals surface area contributed by atoms with Gasteiger partial charge in [0.15, 0.2) is 0 Å². The number of rotatable bonds is 3. The van der Waals surface area contributed by atoms with E-state index in [1.165, 1.54) is 6.92 Å². The second-order valence-corrected chi connectivity index (χ2v) is 6.23. The molecule has 4 unspecified atom stereocenters. The fourth-order valence-corrected chi connectivity index (χ4v) is 3.44. The standard InChI is InChI=1S/C14H26N4O2/c1-9(19)16-12-8-10(17(2)3)4-5-13(12)18-7-6-11(15)14(18)20/h10-13H,4-8,15H2,1-3H3,(H,16,19). The molecule has 0 aromatic heterocycles. The van der Waals surface area contributed by atoms with Crippen LogP contribution >= 0.6 is 0 Å². The van der Waals surface area contributed by atoms with Gasteiger partial charge in [0.05, 0.1) is 18.1 Å². The van der Waals surface area contributed by atoms with Gasteiger partial charge in [-0.15, -0.1) is 0 Å². The van der Waals surface area contributed by atoms with Gasteiger partial charge in [-0.2, -0.15) is 0 Å². The van der Waals surface area contributed by atoms with Crippen LogP contribution in [0.1, 0.15) is 32.6 Å². The molecule has 1 aliphatic carbocycles. The van der Waals surface area contributed by atoms with Crippen molar-refractivity contribution in [2.24, 2.45) is 5.73 Å². The predicted octanol–water partition coefficient (Wildman–Crippen LogP) is -0.467. The molecule has 0 aromatic rings. The van der Waals surface area contributed by atoms with Crippen LogP contribution in [-0.4, -0.2) is 66.4 Å².